The van der Waals surface area contributed by atoms with E-state index in [-0.39, 0.29) is 11.5 Å². The van der Waals surface area contributed by atoms with Crippen LogP contribution < -0.4 is 5.56 Å². The van der Waals surface area contributed by atoms with Crippen LogP contribution >= 0.6 is 0 Å². The molecule has 1 aliphatic rings. The SMILES string of the molecule is CCCCc1ccc(C(=O)N2CCc3nc(-c4ccc(C)cc4)[nH]c(=O)c3C2)cc1. The fourth-order valence-corrected chi connectivity index (χ4v) is 3.82. The van der Waals surface area contributed by atoms with Crippen molar-refractivity contribution in [3.8, 4) is 11.4 Å². The van der Waals surface area contributed by atoms with Crippen LogP contribution in [0.4, 0.5) is 0 Å². The van der Waals surface area contributed by atoms with E-state index in [4.69, 9.17) is 0 Å². The van der Waals surface area contributed by atoms with Crippen LogP contribution in [0.15, 0.2) is 53.3 Å². The number of amides is 1. The average Bonchev–Trinajstić information content (AvgIpc) is 2.78. The van der Waals surface area contributed by atoms with Crippen molar-refractivity contribution in [2.75, 3.05) is 6.54 Å². The average molecular weight is 402 g/mol. The van der Waals surface area contributed by atoms with Crippen LogP contribution in [0, 0.1) is 6.92 Å². The Hall–Kier alpha value is -3.21. The minimum absolute atomic E-state index is 0.0373. The van der Waals surface area contributed by atoms with Gasteiger partial charge >= 0.3 is 0 Å². The van der Waals surface area contributed by atoms with Gasteiger partial charge in [-0.05, 0) is 37.5 Å². The van der Waals surface area contributed by atoms with Crippen LogP contribution in [-0.4, -0.2) is 27.3 Å². The summed E-state index contributed by atoms with van der Waals surface area (Å²) in [6.07, 6.45) is 3.92. The third-order valence-corrected chi connectivity index (χ3v) is 5.70. The second-order valence-electron chi connectivity index (χ2n) is 7.98. The second kappa shape index (κ2) is 8.66. The lowest BCUT2D eigenvalue weighted by atomic mass is 10.0. The molecule has 0 saturated carbocycles. The number of nitrogens with one attached hydrogen (secondary N) is 1. The van der Waals surface area contributed by atoms with Crippen molar-refractivity contribution in [1.29, 1.82) is 0 Å². The van der Waals surface area contributed by atoms with E-state index in [9.17, 15) is 9.59 Å². The molecule has 2 heterocycles. The molecule has 0 fully saturated rings. The zero-order valence-corrected chi connectivity index (χ0v) is 17.6. The maximum Gasteiger partial charge on any atom is 0.256 e. The summed E-state index contributed by atoms with van der Waals surface area (Å²) in [4.78, 5) is 35.0. The first-order valence-corrected chi connectivity index (χ1v) is 10.6. The number of carbonyl (C=O) groups is 1. The van der Waals surface area contributed by atoms with E-state index >= 15 is 0 Å². The highest BCUT2D eigenvalue weighted by atomic mass is 16.2. The van der Waals surface area contributed by atoms with Gasteiger partial charge in [0.05, 0.1) is 17.8 Å². The summed E-state index contributed by atoms with van der Waals surface area (Å²) in [5.74, 6) is 0.547. The molecular formula is C25H27N3O2. The van der Waals surface area contributed by atoms with Crippen LogP contribution in [0.5, 0.6) is 0 Å². The Bertz CT molecular complexity index is 1100. The van der Waals surface area contributed by atoms with Gasteiger partial charge in [-0.1, -0.05) is 55.3 Å². The molecule has 0 saturated heterocycles. The van der Waals surface area contributed by atoms with Crippen LogP contribution in [0.2, 0.25) is 0 Å². The minimum atomic E-state index is -0.164. The van der Waals surface area contributed by atoms with Gasteiger partial charge in [0.25, 0.3) is 11.5 Å². The number of nitrogens with zero attached hydrogens (tertiary/aromatic N) is 2. The van der Waals surface area contributed by atoms with Crippen LogP contribution in [0.1, 0.15) is 52.5 Å². The van der Waals surface area contributed by atoms with Gasteiger partial charge in [0.2, 0.25) is 0 Å². The maximum atomic E-state index is 13.0. The lowest BCUT2D eigenvalue weighted by molar-refractivity contribution is 0.0732. The minimum Gasteiger partial charge on any atom is -0.334 e. The van der Waals surface area contributed by atoms with Crippen molar-refractivity contribution in [3.05, 3.63) is 86.8 Å². The first-order valence-electron chi connectivity index (χ1n) is 10.6. The highest BCUT2D eigenvalue weighted by molar-refractivity contribution is 5.94. The summed E-state index contributed by atoms with van der Waals surface area (Å²) in [5, 5.41) is 0. The van der Waals surface area contributed by atoms with Gasteiger partial charge in [0, 0.05) is 24.1 Å². The van der Waals surface area contributed by atoms with E-state index in [1.807, 2.05) is 55.5 Å². The van der Waals surface area contributed by atoms with Gasteiger partial charge in [-0.25, -0.2) is 4.98 Å². The molecule has 30 heavy (non-hydrogen) atoms. The Kier molecular flexibility index (Phi) is 5.79. The van der Waals surface area contributed by atoms with Gasteiger partial charge < -0.3 is 9.88 Å². The predicted molar refractivity (Wildman–Crippen MR) is 119 cm³/mol. The Morgan fingerprint density at radius 3 is 2.53 bits per heavy atom. The third-order valence-electron chi connectivity index (χ3n) is 5.70. The van der Waals surface area contributed by atoms with Gasteiger partial charge in [-0.3, -0.25) is 9.59 Å². The zero-order valence-electron chi connectivity index (χ0n) is 17.6. The van der Waals surface area contributed by atoms with Crippen LogP contribution in [-0.2, 0) is 19.4 Å². The second-order valence-corrected chi connectivity index (χ2v) is 7.98. The number of hydrogen-bond acceptors (Lipinski definition) is 3. The topological polar surface area (TPSA) is 66.1 Å². The predicted octanol–water partition coefficient (Wildman–Crippen LogP) is 4.29. The fraction of sp³-hybridized carbons (Fsp3) is 0.320. The Morgan fingerprint density at radius 1 is 1.10 bits per heavy atom. The molecular weight excluding hydrogens is 374 g/mol. The number of carbonyl (C=O) groups excluding carboxylic acids is 1. The quantitative estimate of drug-likeness (QED) is 0.694. The molecule has 1 amide bonds. The molecule has 2 aromatic carbocycles. The summed E-state index contributed by atoms with van der Waals surface area (Å²) in [6.45, 7) is 5.05. The lowest BCUT2D eigenvalue weighted by Gasteiger charge is -2.28. The summed E-state index contributed by atoms with van der Waals surface area (Å²) in [7, 11) is 0. The van der Waals surface area contributed by atoms with Crippen molar-refractivity contribution in [1.82, 2.24) is 14.9 Å². The molecule has 0 unspecified atom stereocenters. The van der Waals surface area contributed by atoms with E-state index in [2.05, 4.69) is 16.9 Å². The van der Waals surface area contributed by atoms with Crippen molar-refractivity contribution < 1.29 is 4.79 Å². The number of rotatable bonds is 5. The monoisotopic (exact) mass is 401 g/mol. The molecule has 1 aliphatic heterocycles. The molecule has 4 rings (SSSR count). The van der Waals surface area contributed by atoms with Crippen molar-refractivity contribution in [2.24, 2.45) is 0 Å². The van der Waals surface area contributed by atoms with E-state index in [0.29, 0.717) is 36.5 Å². The molecule has 1 N–H and O–H groups in total. The molecule has 0 bridgehead atoms. The van der Waals surface area contributed by atoms with Crippen molar-refractivity contribution in [3.63, 3.8) is 0 Å². The largest absolute Gasteiger partial charge is 0.334 e. The molecule has 0 atom stereocenters. The van der Waals surface area contributed by atoms with Crippen molar-refractivity contribution >= 4 is 5.91 Å². The number of aromatic amines is 1. The van der Waals surface area contributed by atoms with E-state index in [1.165, 1.54) is 5.56 Å². The number of benzene rings is 2. The Morgan fingerprint density at radius 2 is 1.83 bits per heavy atom. The molecule has 0 radical (unpaired) electrons. The number of aromatic nitrogens is 2. The number of aryl methyl sites for hydroxylation is 2. The molecule has 0 spiro atoms. The van der Waals surface area contributed by atoms with Crippen molar-refractivity contribution in [2.45, 2.75) is 46.1 Å². The molecule has 5 nitrogen and oxygen atoms in total. The summed E-state index contributed by atoms with van der Waals surface area (Å²) in [6, 6.07) is 15.8. The molecule has 154 valence electrons. The lowest BCUT2D eigenvalue weighted by Crippen LogP contribution is -2.39. The Labute approximate surface area is 176 Å². The maximum absolute atomic E-state index is 13.0. The Balaban J connectivity index is 1.52. The van der Waals surface area contributed by atoms with E-state index < -0.39 is 0 Å². The molecule has 5 heteroatoms. The van der Waals surface area contributed by atoms with Gasteiger partial charge in [-0.15, -0.1) is 0 Å². The number of fused-ring (bicyclic) bond motifs is 1. The smallest absolute Gasteiger partial charge is 0.256 e. The highest BCUT2D eigenvalue weighted by Crippen LogP contribution is 2.21. The number of unbranched alkanes of at least 4 members (excludes halogenated alkanes) is 1. The standard InChI is InChI=1S/C25H27N3O2/c1-3-4-5-18-8-12-20(13-9-18)25(30)28-15-14-22-21(16-28)24(29)27-23(26-22)19-10-6-17(2)7-11-19/h6-13H,3-5,14-16H2,1-2H3,(H,26,27,29). The third kappa shape index (κ3) is 4.20. The van der Waals surface area contributed by atoms with Gasteiger partial charge in [0.15, 0.2) is 0 Å². The zero-order chi connectivity index (χ0) is 21.1. The highest BCUT2D eigenvalue weighted by Gasteiger charge is 2.25. The normalized spacial score (nSPS) is 13.2. The number of hydrogen-bond donors (Lipinski definition) is 1. The van der Waals surface area contributed by atoms with Gasteiger partial charge in [0.1, 0.15) is 5.82 Å². The summed E-state index contributed by atoms with van der Waals surface area (Å²) < 4.78 is 0. The summed E-state index contributed by atoms with van der Waals surface area (Å²) in [5.41, 5.74) is 5.18. The summed E-state index contributed by atoms with van der Waals surface area (Å²) >= 11 is 0. The van der Waals surface area contributed by atoms with E-state index in [1.54, 1.807) is 4.90 Å². The first-order chi connectivity index (χ1) is 14.5. The van der Waals surface area contributed by atoms with Crippen LogP contribution in [0.25, 0.3) is 11.4 Å². The molecule has 1 aromatic heterocycles. The first kappa shape index (κ1) is 20.1. The van der Waals surface area contributed by atoms with Crippen LogP contribution in [0.3, 0.4) is 0 Å². The van der Waals surface area contributed by atoms with E-state index in [0.717, 1.165) is 36.1 Å². The number of H-pyrrole nitrogens is 1. The fourth-order valence-electron chi connectivity index (χ4n) is 3.82. The van der Waals surface area contributed by atoms with Gasteiger partial charge in [-0.2, -0.15) is 0 Å². The molecule has 0 aliphatic carbocycles. The molecule has 3 aromatic rings.